The normalized spacial score (nSPS) is 20.7. The summed E-state index contributed by atoms with van der Waals surface area (Å²) in [6, 6.07) is 11.8. The van der Waals surface area contributed by atoms with Gasteiger partial charge in [0, 0.05) is 25.2 Å². The number of carbonyl (C=O) groups is 1. The van der Waals surface area contributed by atoms with Crippen LogP contribution in [-0.2, 0) is 30.2 Å². The lowest BCUT2D eigenvalue weighted by molar-refractivity contribution is -0.143. The summed E-state index contributed by atoms with van der Waals surface area (Å²) in [5.41, 5.74) is -2.62. The first kappa shape index (κ1) is 29.0. The molecule has 1 saturated carbocycles. The average Bonchev–Trinajstić information content (AvgIpc) is 3.27. The molecule has 3 nitrogen and oxygen atoms in total. The Hall–Kier alpha value is -2.55. The topological polar surface area (TPSA) is 32.3 Å². The standard InChI is InChI=1S/C28H34F6N2O/c1-18(2)26(11-10-24(15-26)36(19(3)4)17-20-8-6-5-7-9-20)25(37)35-16-21-12-22(27(29,30)31)14-23(13-21)28(32,33)34/h5-9,12-14,18-19,24H,10-11,15-17H2,1-4H3,(H,35,37)/t24-,26+/m1/s1. The highest BCUT2D eigenvalue weighted by molar-refractivity contribution is 5.83. The molecular formula is C28H34F6N2O. The number of alkyl halides is 6. The number of hydrogen-bond donors (Lipinski definition) is 1. The third kappa shape index (κ3) is 6.86. The lowest BCUT2D eigenvalue weighted by Crippen LogP contribution is -2.45. The van der Waals surface area contributed by atoms with E-state index >= 15 is 0 Å². The molecule has 1 aliphatic carbocycles. The number of hydrogen-bond acceptors (Lipinski definition) is 2. The second-order valence-corrected chi connectivity index (χ2v) is 10.6. The molecule has 0 heterocycles. The Balaban J connectivity index is 1.79. The van der Waals surface area contributed by atoms with Crippen molar-refractivity contribution in [2.24, 2.45) is 11.3 Å². The van der Waals surface area contributed by atoms with Gasteiger partial charge in [0.25, 0.3) is 0 Å². The van der Waals surface area contributed by atoms with Gasteiger partial charge in [-0.15, -0.1) is 0 Å². The van der Waals surface area contributed by atoms with E-state index in [-0.39, 0.29) is 35.5 Å². The van der Waals surface area contributed by atoms with Gasteiger partial charge in [0.05, 0.1) is 16.5 Å². The first-order valence-electron chi connectivity index (χ1n) is 12.5. The maximum Gasteiger partial charge on any atom is 0.416 e. The van der Waals surface area contributed by atoms with Crippen LogP contribution in [0.2, 0.25) is 0 Å². The van der Waals surface area contributed by atoms with Crippen molar-refractivity contribution in [2.45, 2.75) is 84.5 Å². The molecule has 0 saturated heterocycles. The molecule has 0 unspecified atom stereocenters. The van der Waals surface area contributed by atoms with Crippen molar-refractivity contribution >= 4 is 5.91 Å². The SMILES string of the molecule is CC(C)N(Cc1ccccc1)[C@@H]1CC[C@@](C(=O)NCc2cc(C(F)(F)F)cc(C(F)(F)F)c2)(C(C)C)C1. The van der Waals surface area contributed by atoms with Crippen molar-refractivity contribution in [3.63, 3.8) is 0 Å². The van der Waals surface area contributed by atoms with Crippen molar-refractivity contribution in [3.05, 3.63) is 70.8 Å². The van der Waals surface area contributed by atoms with Gasteiger partial charge < -0.3 is 5.32 Å². The van der Waals surface area contributed by atoms with Gasteiger partial charge in [-0.25, -0.2) is 0 Å². The molecule has 2 aromatic rings. The molecule has 0 aromatic heterocycles. The summed E-state index contributed by atoms with van der Waals surface area (Å²) in [6.45, 7) is 8.39. The second kappa shape index (κ2) is 11.1. The van der Waals surface area contributed by atoms with E-state index in [4.69, 9.17) is 0 Å². The van der Waals surface area contributed by atoms with E-state index in [9.17, 15) is 31.1 Å². The van der Waals surface area contributed by atoms with Gasteiger partial charge >= 0.3 is 12.4 Å². The number of nitrogens with one attached hydrogen (secondary N) is 1. The summed E-state index contributed by atoms with van der Waals surface area (Å²) in [6.07, 6.45) is -7.93. The number of benzene rings is 2. The highest BCUT2D eigenvalue weighted by Crippen LogP contribution is 2.47. The number of carbonyl (C=O) groups excluding carboxylic acids is 1. The Labute approximate surface area is 214 Å². The molecule has 1 amide bonds. The number of rotatable bonds is 8. The predicted octanol–water partition coefficient (Wildman–Crippen LogP) is 7.45. The number of nitrogens with zero attached hydrogens (tertiary/aromatic N) is 1. The Morgan fingerprint density at radius 1 is 0.946 bits per heavy atom. The van der Waals surface area contributed by atoms with Gasteiger partial charge in [-0.05, 0) is 68.4 Å². The Morgan fingerprint density at radius 2 is 1.51 bits per heavy atom. The molecule has 204 valence electrons. The maximum absolute atomic E-state index is 13.5. The summed E-state index contributed by atoms with van der Waals surface area (Å²) in [4.78, 5) is 15.8. The minimum atomic E-state index is -4.93. The summed E-state index contributed by atoms with van der Waals surface area (Å²) >= 11 is 0. The molecule has 0 aliphatic heterocycles. The van der Waals surface area contributed by atoms with Crippen molar-refractivity contribution in [2.75, 3.05) is 0 Å². The smallest absolute Gasteiger partial charge is 0.352 e. The van der Waals surface area contributed by atoms with E-state index in [1.54, 1.807) is 0 Å². The van der Waals surface area contributed by atoms with Crippen molar-refractivity contribution in [3.8, 4) is 0 Å². The zero-order valence-electron chi connectivity index (χ0n) is 21.5. The first-order chi connectivity index (χ1) is 17.1. The molecular weight excluding hydrogens is 494 g/mol. The van der Waals surface area contributed by atoms with E-state index in [0.29, 0.717) is 25.0 Å². The molecule has 0 spiro atoms. The van der Waals surface area contributed by atoms with Crippen molar-refractivity contribution < 1.29 is 31.1 Å². The van der Waals surface area contributed by atoms with Gasteiger partial charge in [-0.2, -0.15) is 26.3 Å². The fraction of sp³-hybridized carbons (Fsp3) is 0.536. The Morgan fingerprint density at radius 3 is 2.00 bits per heavy atom. The van der Waals surface area contributed by atoms with Gasteiger partial charge in [0.1, 0.15) is 0 Å². The average molecular weight is 529 g/mol. The van der Waals surface area contributed by atoms with Crippen LogP contribution < -0.4 is 5.32 Å². The summed E-state index contributed by atoms with van der Waals surface area (Å²) in [5.74, 6) is -0.394. The minimum Gasteiger partial charge on any atom is -0.352 e. The highest BCUT2D eigenvalue weighted by Gasteiger charge is 2.49. The maximum atomic E-state index is 13.5. The fourth-order valence-electron chi connectivity index (χ4n) is 5.33. The van der Waals surface area contributed by atoms with E-state index in [1.807, 2.05) is 32.0 Å². The summed E-state index contributed by atoms with van der Waals surface area (Å²) in [7, 11) is 0. The van der Waals surface area contributed by atoms with Crippen LogP contribution in [0.25, 0.3) is 0 Å². The molecule has 2 atom stereocenters. The van der Waals surface area contributed by atoms with Crippen LogP contribution in [0, 0.1) is 11.3 Å². The van der Waals surface area contributed by atoms with E-state index in [0.717, 1.165) is 18.5 Å². The monoisotopic (exact) mass is 528 g/mol. The second-order valence-electron chi connectivity index (χ2n) is 10.6. The van der Waals surface area contributed by atoms with Gasteiger partial charge in [0.2, 0.25) is 5.91 Å². The predicted molar refractivity (Wildman–Crippen MR) is 130 cm³/mol. The quantitative estimate of drug-likeness (QED) is 0.361. The molecule has 2 aromatic carbocycles. The summed E-state index contributed by atoms with van der Waals surface area (Å²) in [5, 5.41) is 2.67. The molecule has 0 radical (unpaired) electrons. The van der Waals surface area contributed by atoms with Gasteiger partial charge in [0.15, 0.2) is 0 Å². The third-order valence-corrected chi connectivity index (χ3v) is 7.52. The zero-order chi connectivity index (χ0) is 27.6. The minimum absolute atomic E-state index is 0.0597. The molecule has 1 N–H and O–H groups in total. The molecule has 3 rings (SSSR count). The Bertz CT molecular complexity index is 1030. The van der Waals surface area contributed by atoms with Crippen LogP contribution in [0.5, 0.6) is 0 Å². The van der Waals surface area contributed by atoms with E-state index < -0.39 is 35.4 Å². The lowest BCUT2D eigenvalue weighted by atomic mass is 9.74. The molecule has 1 fully saturated rings. The molecule has 1 aliphatic rings. The van der Waals surface area contributed by atoms with E-state index in [2.05, 4.69) is 36.2 Å². The van der Waals surface area contributed by atoms with Crippen LogP contribution in [0.4, 0.5) is 26.3 Å². The lowest BCUT2D eigenvalue weighted by Gasteiger charge is -2.36. The fourth-order valence-corrected chi connectivity index (χ4v) is 5.33. The Kier molecular flexibility index (Phi) is 8.67. The molecule has 9 heteroatoms. The first-order valence-corrected chi connectivity index (χ1v) is 12.5. The van der Waals surface area contributed by atoms with Crippen LogP contribution in [-0.4, -0.2) is 22.9 Å². The molecule has 0 bridgehead atoms. The van der Waals surface area contributed by atoms with Crippen molar-refractivity contribution in [1.29, 1.82) is 0 Å². The third-order valence-electron chi connectivity index (χ3n) is 7.52. The van der Waals surface area contributed by atoms with Crippen LogP contribution in [0.3, 0.4) is 0 Å². The zero-order valence-corrected chi connectivity index (χ0v) is 21.5. The van der Waals surface area contributed by atoms with Crippen molar-refractivity contribution in [1.82, 2.24) is 10.2 Å². The van der Waals surface area contributed by atoms with Crippen LogP contribution in [0.1, 0.15) is 69.2 Å². The number of halogens is 6. The van der Waals surface area contributed by atoms with Crippen LogP contribution >= 0.6 is 0 Å². The summed E-state index contributed by atoms with van der Waals surface area (Å²) < 4.78 is 79.4. The van der Waals surface area contributed by atoms with Crippen LogP contribution in [0.15, 0.2) is 48.5 Å². The highest BCUT2D eigenvalue weighted by atomic mass is 19.4. The van der Waals surface area contributed by atoms with Gasteiger partial charge in [-0.1, -0.05) is 44.2 Å². The van der Waals surface area contributed by atoms with Gasteiger partial charge in [-0.3, -0.25) is 9.69 Å². The van der Waals surface area contributed by atoms with E-state index in [1.165, 1.54) is 0 Å². The number of amides is 1. The largest absolute Gasteiger partial charge is 0.416 e. The molecule has 37 heavy (non-hydrogen) atoms.